The summed E-state index contributed by atoms with van der Waals surface area (Å²) >= 11 is 0. The molecule has 0 aliphatic carbocycles. The third-order valence-electron chi connectivity index (χ3n) is 2.51. The van der Waals surface area contributed by atoms with Gasteiger partial charge in [0.15, 0.2) is 0 Å². The smallest absolute Gasteiger partial charge is 0.0505 e. The summed E-state index contributed by atoms with van der Waals surface area (Å²) in [5, 5.41) is 0. The van der Waals surface area contributed by atoms with Crippen LogP contribution in [0.25, 0.3) is 0 Å². The van der Waals surface area contributed by atoms with Crippen LogP contribution in [0.5, 0.6) is 0 Å². The average molecular weight is 179 g/mol. The van der Waals surface area contributed by atoms with Crippen LogP contribution >= 0.6 is 0 Å². The van der Waals surface area contributed by atoms with Crippen molar-refractivity contribution in [3.05, 3.63) is 11.6 Å². The minimum Gasteiger partial charge on any atom is -0.290 e. The van der Waals surface area contributed by atoms with Gasteiger partial charge >= 0.3 is 0 Å². The summed E-state index contributed by atoms with van der Waals surface area (Å²) in [6.45, 7) is 6.74. The summed E-state index contributed by atoms with van der Waals surface area (Å²) in [7, 11) is 0. The second-order valence-corrected chi connectivity index (χ2v) is 4.27. The van der Waals surface area contributed by atoms with E-state index < -0.39 is 0 Å². The molecule has 0 aromatic carbocycles. The molecule has 13 heavy (non-hydrogen) atoms. The molecule has 0 spiro atoms. The van der Waals surface area contributed by atoms with E-state index in [-0.39, 0.29) is 0 Å². The molecule has 0 saturated heterocycles. The zero-order chi connectivity index (χ0) is 9.68. The highest BCUT2D eigenvalue weighted by molar-refractivity contribution is 5.78. The van der Waals surface area contributed by atoms with E-state index in [2.05, 4.69) is 38.1 Å². The van der Waals surface area contributed by atoms with Crippen molar-refractivity contribution in [2.24, 2.45) is 10.9 Å². The summed E-state index contributed by atoms with van der Waals surface area (Å²) in [4.78, 5) is 4.62. The maximum Gasteiger partial charge on any atom is 0.0505 e. The Morgan fingerprint density at radius 3 is 2.92 bits per heavy atom. The Kier molecular flexibility index (Phi) is 4.20. The van der Waals surface area contributed by atoms with Crippen LogP contribution in [0, 0.1) is 5.92 Å². The molecule has 0 radical (unpaired) electrons. The van der Waals surface area contributed by atoms with Crippen LogP contribution in [0.4, 0.5) is 0 Å². The van der Waals surface area contributed by atoms with Gasteiger partial charge in [-0.15, -0.1) is 0 Å². The lowest BCUT2D eigenvalue weighted by Gasteiger charge is -2.12. The summed E-state index contributed by atoms with van der Waals surface area (Å²) in [6.07, 6.45) is 9.22. The van der Waals surface area contributed by atoms with E-state index >= 15 is 0 Å². The minimum absolute atomic E-state index is 0.570. The van der Waals surface area contributed by atoms with E-state index in [4.69, 9.17) is 0 Å². The van der Waals surface area contributed by atoms with Gasteiger partial charge in [-0.05, 0) is 37.2 Å². The number of aliphatic imine (C=N–C) groups is 1. The predicted octanol–water partition coefficient (Wildman–Crippen LogP) is 3.60. The number of hydrogen-bond acceptors (Lipinski definition) is 1. The zero-order valence-electron chi connectivity index (χ0n) is 9.09. The van der Waals surface area contributed by atoms with Crippen molar-refractivity contribution in [1.29, 1.82) is 0 Å². The van der Waals surface area contributed by atoms with Gasteiger partial charge in [0.25, 0.3) is 0 Å². The number of hydrogen-bond donors (Lipinski definition) is 0. The van der Waals surface area contributed by atoms with Crippen LogP contribution in [0.15, 0.2) is 16.6 Å². The van der Waals surface area contributed by atoms with Gasteiger partial charge in [0.1, 0.15) is 0 Å². The Morgan fingerprint density at radius 1 is 1.54 bits per heavy atom. The van der Waals surface area contributed by atoms with Crippen molar-refractivity contribution >= 4 is 6.21 Å². The number of nitrogens with zero attached hydrogens (tertiary/aromatic N) is 1. The number of rotatable bonds is 3. The highest BCUT2D eigenvalue weighted by atomic mass is 14.8. The molecule has 0 saturated carbocycles. The Bertz CT molecular complexity index is 201. The van der Waals surface area contributed by atoms with Gasteiger partial charge in [0.2, 0.25) is 0 Å². The molecule has 74 valence electrons. The maximum atomic E-state index is 4.62. The summed E-state index contributed by atoms with van der Waals surface area (Å²) in [6, 6.07) is 0.570. The molecular formula is C12H21N. The zero-order valence-corrected chi connectivity index (χ0v) is 9.09. The molecule has 0 amide bonds. The molecule has 0 aromatic heterocycles. The van der Waals surface area contributed by atoms with Gasteiger partial charge in [-0.1, -0.05) is 26.8 Å². The fourth-order valence-electron chi connectivity index (χ4n) is 1.75. The van der Waals surface area contributed by atoms with Crippen molar-refractivity contribution in [3.63, 3.8) is 0 Å². The second kappa shape index (κ2) is 5.21. The lowest BCUT2D eigenvalue weighted by molar-refractivity contribution is 0.480. The molecule has 1 aliphatic rings. The third-order valence-corrected chi connectivity index (χ3v) is 2.51. The third kappa shape index (κ3) is 3.75. The van der Waals surface area contributed by atoms with Gasteiger partial charge in [-0.3, -0.25) is 4.99 Å². The monoisotopic (exact) mass is 179 g/mol. The van der Waals surface area contributed by atoms with Gasteiger partial charge in [0, 0.05) is 6.21 Å². The molecule has 1 rings (SSSR count). The van der Waals surface area contributed by atoms with Gasteiger partial charge in [-0.25, -0.2) is 0 Å². The highest BCUT2D eigenvalue weighted by Gasteiger charge is 2.10. The van der Waals surface area contributed by atoms with Crippen molar-refractivity contribution in [1.82, 2.24) is 0 Å². The van der Waals surface area contributed by atoms with Crippen LogP contribution in [-0.4, -0.2) is 12.3 Å². The van der Waals surface area contributed by atoms with E-state index in [0.29, 0.717) is 6.04 Å². The largest absolute Gasteiger partial charge is 0.290 e. The van der Waals surface area contributed by atoms with E-state index in [1.54, 1.807) is 0 Å². The van der Waals surface area contributed by atoms with Crippen molar-refractivity contribution in [2.45, 2.75) is 52.5 Å². The van der Waals surface area contributed by atoms with Crippen LogP contribution < -0.4 is 0 Å². The predicted molar refractivity (Wildman–Crippen MR) is 59.3 cm³/mol. The molecule has 0 N–H and O–H groups in total. The first-order chi connectivity index (χ1) is 6.22. The van der Waals surface area contributed by atoms with E-state index in [9.17, 15) is 0 Å². The lowest BCUT2D eigenvalue weighted by Crippen LogP contribution is -2.07. The van der Waals surface area contributed by atoms with E-state index in [1.165, 1.54) is 24.8 Å². The Labute approximate surface area is 82.0 Å². The Balaban J connectivity index is 2.47. The molecule has 0 fully saturated rings. The molecule has 0 bridgehead atoms. The summed E-state index contributed by atoms with van der Waals surface area (Å²) in [5.74, 6) is 0.769. The van der Waals surface area contributed by atoms with Crippen LogP contribution in [0.3, 0.4) is 0 Å². The molecule has 1 aliphatic heterocycles. The molecule has 1 heteroatoms. The fraction of sp³-hybridized carbons (Fsp3) is 0.750. The quantitative estimate of drug-likeness (QED) is 0.627. The highest BCUT2D eigenvalue weighted by Crippen LogP contribution is 2.17. The van der Waals surface area contributed by atoms with Crippen LogP contribution in [0.2, 0.25) is 0 Å². The average Bonchev–Trinajstić information content (AvgIpc) is 2.29. The molecular weight excluding hydrogens is 158 g/mol. The first kappa shape index (κ1) is 10.5. The molecule has 1 atom stereocenters. The molecule has 0 aromatic rings. The summed E-state index contributed by atoms with van der Waals surface area (Å²) in [5.41, 5.74) is 1.41. The topological polar surface area (TPSA) is 12.4 Å². The first-order valence-electron chi connectivity index (χ1n) is 5.44. The van der Waals surface area contributed by atoms with Gasteiger partial charge in [-0.2, -0.15) is 0 Å². The number of allylic oxidation sites excluding steroid dienone is 2. The lowest BCUT2D eigenvalue weighted by atomic mass is 10.0. The molecule has 1 nitrogen and oxygen atoms in total. The Hall–Kier alpha value is -0.590. The van der Waals surface area contributed by atoms with Crippen molar-refractivity contribution in [3.8, 4) is 0 Å². The summed E-state index contributed by atoms with van der Waals surface area (Å²) < 4.78 is 0. The van der Waals surface area contributed by atoms with E-state index in [0.717, 1.165) is 12.3 Å². The SMILES string of the molecule is CCC1=CCCC(CC(C)C)N=C1. The van der Waals surface area contributed by atoms with Crippen molar-refractivity contribution < 1.29 is 0 Å². The fourth-order valence-corrected chi connectivity index (χ4v) is 1.75. The maximum absolute atomic E-state index is 4.62. The minimum atomic E-state index is 0.570. The standard InChI is InChI=1S/C12H21N/c1-4-11-6-5-7-12(13-9-11)8-10(2)3/h6,9-10,12H,4-5,7-8H2,1-3H3. The first-order valence-corrected chi connectivity index (χ1v) is 5.44. The normalized spacial score (nSPS) is 23.1. The molecule has 1 unspecified atom stereocenters. The molecule has 1 heterocycles. The van der Waals surface area contributed by atoms with Gasteiger partial charge < -0.3 is 0 Å². The van der Waals surface area contributed by atoms with Gasteiger partial charge in [0.05, 0.1) is 6.04 Å². The van der Waals surface area contributed by atoms with E-state index in [1.807, 2.05) is 0 Å². The second-order valence-electron chi connectivity index (χ2n) is 4.27. The Morgan fingerprint density at radius 2 is 2.31 bits per heavy atom. The van der Waals surface area contributed by atoms with Crippen LogP contribution in [-0.2, 0) is 0 Å². The van der Waals surface area contributed by atoms with Crippen molar-refractivity contribution in [2.75, 3.05) is 0 Å². The van der Waals surface area contributed by atoms with Crippen LogP contribution in [0.1, 0.15) is 46.5 Å².